The largest absolute Gasteiger partial charge is 0.507 e. The van der Waals surface area contributed by atoms with Crippen LogP contribution >= 0.6 is 11.6 Å². The summed E-state index contributed by atoms with van der Waals surface area (Å²) in [5.41, 5.74) is 1.86. The number of nitrogens with zero attached hydrogens (tertiary/aromatic N) is 2. The molecule has 2 aromatic carbocycles. The fourth-order valence-electron chi connectivity index (χ4n) is 5.10. The highest BCUT2D eigenvalue weighted by atomic mass is 35.5. The zero-order valence-electron chi connectivity index (χ0n) is 21.0. The summed E-state index contributed by atoms with van der Waals surface area (Å²) in [7, 11) is 1.56. The fourth-order valence-corrected chi connectivity index (χ4v) is 5.27. The maximum atomic E-state index is 13.4. The third kappa shape index (κ3) is 4.63. The summed E-state index contributed by atoms with van der Waals surface area (Å²) in [6.07, 6.45) is 6.06. The lowest BCUT2D eigenvalue weighted by atomic mass is 9.78. The maximum Gasteiger partial charge on any atom is 0.266 e. The van der Waals surface area contributed by atoms with Crippen LogP contribution in [0.2, 0.25) is 5.02 Å². The summed E-state index contributed by atoms with van der Waals surface area (Å²) >= 11 is 5.94. The number of hydrogen-bond donors (Lipinski definition) is 2. The summed E-state index contributed by atoms with van der Waals surface area (Å²) in [5, 5.41) is 21.5. The van der Waals surface area contributed by atoms with Crippen molar-refractivity contribution < 1.29 is 29.2 Å². The number of halogens is 1. The van der Waals surface area contributed by atoms with E-state index in [9.17, 15) is 15.0 Å². The second kappa shape index (κ2) is 10.0. The van der Waals surface area contributed by atoms with Crippen LogP contribution in [0.5, 0.6) is 23.0 Å². The van der Waals surface area contributed by atoms with Crippen LogP contribution in [0.25, 0.3) is 11.3 Å². The molecule has 2 saturated carbocycles. The van der Waals surface area contributed by atoms with Gasteiger partial charge < -0.3 is 24.4 Å². The average molecular weight is 537 g/mol. The van der Waals surface area contributed by atoms with Crippen molar-refractivity contribution in [3.8, 4) is 34.3 Å². The number of ether oxygens (including phenoxy) is 3. The number of methoxy groups -OCH3 is 1. The number of anilines is 1. The molecule has 0 radical (unpaired) electrons. The highest BCUT2D eigenvalue weighted by molar-refractivity contribution is 6.30. The molecule has 6 rings (SSSR count). The third-order valence-electron chi connectivity index (χ3n) is 7.70. The van der Waals surface area contributed by atoms with Gasteiger partial charge in [0.25, 0.3) is 5.91 Å². The number of amides is 1. The van der Waals surface area contributed by atoms with E-state index in [0.29, 0.717) is 56.6 Å². The van der Waals surface area contributed by atoms with Crippen LogP contribution in [0, 0.1) is 11.8 Å². The number of aliphatic hydroxyl groups excluding tert-OH is 1. The van der Waals surface area contributed by atoms with Gasteiger partial charge in [-0.1, -0.05) is 18.0 Å². The number of pyridine rings is 1. The first-order valence-corrected chi connectivity index (χ1v) is 13.3. The Morgan fingerprint density at radius 3 is 2.55 bits per heavy atom. The first-order chi connectivity index (χ1) is 18.4. The van der Waals surface area contributed by atoms with E-state index in [1.165, 1.54) is 17.2 Å². The number of hydrogen-bond acceptors (Lipinski definition) is 7. The van der Waals surface area contributed by atoms with E-state index in [0.717, 1.165) is 32.1 Å². The molecule has 2 atom stereocenters. The number of phenols is 1. The monoisotopic (exact) mass is 536 g/mol. The molecule has 8 nitrogen and oxygen atoms in total. The Bertz CT molecular complexity index is 1370. The van der Waals surface area contributed by atoms with Crippen LogP contribution in [0.3, 0.4) is 0 Å². The first kappa shape index (κ1) is 24.8. The number of phenolic OH excluding ortho intramolecular Hbond substituents is 1. The van der Waals surface area contributed by atoms with E-state index >= 15 is 0 Å². The average Bonchev–Trinajstić information content (AvgIpc) is 3.73. The Balaban J connectivity index is 1.23. The van der Waals surface area contributed by atoms with Crippen LogP contribution < -0.4 is 19.1 Å². The summed E-state index contributed by atoms with van der Waals surface area (Å²) in [6.45, 7) is -0.00363. The van der Waals surface area contributed by atoms with Gasteiger partial charge in [0.15, 0.2) is 18.2 Å². The van der Waals surface area contributed by atoms with Crippen molar-refractivity contribution in [1.29, 1.82) is 0 Å². The zero-order chi connectivity index (χ0) is 26.4. The van der Waals surface area contributed by atoms with Crippen molar-refractivity contribution in [3.63, 3.8) is 0 Å². The van der Waals surface area contributed by atoms with Crippen molar-refractivity contribution in [2.45, 2.75) is 44.3 Å². The molecule has 2 fully saturated rings. The third-order valence-corrected chi connectivity index (χ3v) is 7.94. The van der Waals surface area contributed by atoms with Gasteiger partial charge in [-0.3, -0.25) is 14.7 Å². The van der Waals surface area contributed by atoms with E-state index in [1.54, 1.807) is 43.5 Å². The number of aromatic hydroxyl groups is 1. The van der Waals surface area contributed by atoms with Crippen LogP contribution in [0.1, 0.15) is 42.5 Å². The molecule has 9 heteroatoms. The smallest absolute Gasteiger partial charge is 0.266 e. The van der Waals surface area contributed by atoms with Crippen LogP contribution in [0.4, 0.5) is 5.69 Å². The lowest BCUT2D eigenvalue weighted by Gasteiger charge is -2.37. The topological polar surface area (TPSA) is 101 Å². The van der Waals surface area contributed by atoms with Gasteiger partial charge in [0.05, 0.1) is 24.6 Å². The van der Waals surface area contributed by atoms with Gasteiger partial charge in [-0.2, -0.15) is 0 Å². The molecular formula is C29H29ClN2O6. The van der Waals surface area contributed by atoms with Crippen molar-refractivity contribution in [3.05, 3.63) is 59.2 Å². The SMILES string of the molecule is COc1cc(N2COc3cc(-c4ccc(Cl)cc4O)ncc3C2=O)ccc1OC(C1CCC1)[C@H](O)C1CC1. The van der Waals surface area contributed by atoms with Crippen LogP contribution in [0.15, 0.2) is 48.7 Å². The van der Waals surface area contributed by atoms with Gasteiger partial charge >= 0.3 is 0 Å². The Hall–Kier alpha value is -3.49. The molecule has 2 aliphatic carbocycles. The number of aromatic nitrogens is 1. The van der Waals surface area contributed by atoms with Gasteiger partial charge in [0.2, 0.25) is 0 Å². The van der Waals surface area contributed by atoms with Crippen molar-refractivity contribution >= 4 is 23.2 Å². The number of carbonyl (C=O) groups excluding carboxylic acids is 1. The van der Waals surface area contributed by atoms with Crippen LogP contribution in [-0.4, -0.2) is 47.2 Å². The molecule has 0 bridgehead atoms. The second-order valence-corrected chi connectivity index (χ2v) is 10.6. The number of rotatable bonds is 8. The Kier molecular flexibility index (Phi) is 6.53. The van der Waals surface area contributed by atoms with Crippen molar-refractivity contribution in [1.82, 2.24) is 4.98 Å². The lowest BCUT2D eigenvalue weighted by Crippen LogP contribution is -2.43. The van der Waals surface area contributed by atoms with Crippen molar-refractivity contribution in [2.75, 3.05) is 18.7 Å². The highest BCUT2D eigenvalue weighted by Crippen LogP contribution is 2.43. The number of carbonyl (C=O) groups is 1. The Morgan fingerprint density at radius 2 is 1.87 bits per heavy atom. The first-order valence-electron chi connectivity index (χ1n) is 12.9. The molecule has 2 N–H and O–H groups in total. The van der Waals surface area contributed by atoms with E-state index in [1.807, 2.05) is 0 Å². The molecule has 1 unspecified atom stereocenters. The predicted octanol–water partition coefficient (Wildman–Crippen LogP) is 5.43. The minimum Gasteiger partial charge on any atom is -0.507 e. The number of fused-ring (bicyclic) bond motifs is 1. The maximum absolute atomic E-state index is 13.4. The summed E-state index contributed by atoms with van der Waals surface area (Å²) in [4.78, 5) is 19.3. The molecule has 2 heterocycles. The second-order valence-electron chi connectivity index (χ2n) is 10.2. The van der Waals surface area contributed by atoms with Gasteiger partial charge in [0.1, 0.15) is 23.2 Å². The molecule has 0 spiro atoms. The summed E-state index contributed by atoms with van der Waals surface area (Å²) in [5.74, 6) is 1.80. The fraction of sp³-hybridized carbons (Fsp3) is 0.379. The van der Waals surface area contributed by atoms with Gasteiger partial charge in [0, 0.05) is 28.9 Å². The quantitative estimate of drug-likeness (QED) is 0.396. The van der Waals surface area contributed by atoms with E-state index in [-0.39, 0.29) is 24.5 Å². The Labute approximate surface area is 225 Å². The minimum absolute atomic E-state index is 0.00363. The molecule has 198 valence electrons. The Morgan fingerprint density at radius 1 is 1.05 bits per heavy atom. The molecule has 3 aromatic rings. The van der Waals surface area contributed by atoms with E-state index in [2.05, 4.69) is 4.98 Å². The van der Waals surface area contributed by atoms with Gasteiger partial charge in [-0.25, -0.2) is 0 Å². The highest BCUT2D eigenvalue weighted by Gasteiger charge is 2.42. The molecule has 3 aliphatic rings. The van der Waals surface area contributed by atoms with E-state index < -0.39 is 6.10 Å². The lowest BCUT2D eigenvalue weighted by molar-refractivity contribution is -0.0341. The van der Waals surface area contributed by atoms with Crippen LogP contribution in [-0.2, 0) is 0 Å². The van der Waals surface area contributed by atoms with Gasteiger partial charge in [-0.15, -0.1) is 0 Å². The standard InChI is InChI=1S/C29H29ClN2O6/c1-36-26-12-19(8-10-24(26)38-28(17-3-2-4-17)27(34)16-5-6-16)32-15-37-25-13-22(31-14-21(25)29(32)35)20-9-7-18(30)11-23(20)33/h7-14,16-17,27-28,33-34H,2-6,15H2,1H3/t27-,28?/m1/s1. The minimum atomic E-state index is -0.481. The predicted molar refractivity (Wildman–Crippen MR) is 142 cm³/mol. The molecule has 1 aromatic heterocycles. The molecule has 1 amide bonds. The summed E-state index contributed by atoms with van der Waals surface area (Å²) < 4.78 is 17.9. The molecule has 38 heavy (non-hydrogen) atoms. The number of aliphatic hydroxyl groups is 1. The normalized spacial score (nSPS) is 18.7. The van der Waals surface area contributed by atoms with Gasteiger partial charge in [-0.05, 0) is 67.9 Å². The molecule has 1 aliphatic heterocycles. The zero-order valence-corrected chi connectivity index (χ0v) is 21.7. The van der Waals surface area contributed by atoms with E-state index in [4.69, 9.17) is 25.8 Å². The summed E-state index contributed by atoms with van der Waals surface area (Å²) in [6, 6.07) is 11.7. The molecule has 0 saturated heterocycles. The van der Waals surface area contributed by atoms with Crippen molar-refractivity contribution in [2.24, 2.45) is 11.8 Å². The molecular weight excluding hydrogens is 508 g/mol. The number of benzene rings is 2.